The SMILES string of the molecule is Nc1nc2cccc(Oc3ccccc3)n2n1. The summed E-state index contributed by atoms with van der Waals surface area (Å²) < 4.78 is 7.28. The molecule has 2 heterocycles. The largest absolute Gasteiger partial charge is 0.439 e. The maximum absolute atomic E-state index is 5.71. The van der Waals surface area contributed by atoms with E-state index in [1.807, 2.05) is 48.5 Å². The first-order valence-electron chi connectivity index (χ1n) is 5.17. The average Bonchev–Trinajstić information content (AvgIpc) is 2.72. The number of nitrogens with zero attached hydrogens (tertiary/aromatic N) is 3. The van der Waals surface area contributed by atoms with E-state index in [4.69, 9.17) is 10.5 Å². The van der Waals surface area contributed by atoms with Crippen LogP contribution in [-0.2, 0) is 0 Å². The summed E-state index contributed by atoms with van der Waals surface area (Å²) in [5.74, 6) is 1.56. The van der Waals surface area contributed by atoms with Crippen molar-refractivity contribution < 1.29 is 4.74 Å². The first kappa shape index (κ1) is 9.65. The second kappa shape index (κ2) is 3.79. The van der Waals surface area contributed by atoms with Crippen LogP contribution in [0.25, 0.3) is 5.65 Å². The summed E-state index contributed by atoms with van der Waals surface area (Å²) in [4.78, 5) is 4.07. The molecule has 0 unspecified atom stereocenters. The van der Waals surface area contributed by atoms with Crippen LogP contribution >= 0.6 is 0 Å². The van der Waals surface area contributed by atoms with Gasteiger partial charge in [-0.1, -0.05) is 24.3 Å². The van der Waals surface area contributed by atoms with E-state index in [1.54, 1.807) is 4.52 Å². The van der Waals surface area contributed by atoms with Crippen LogP contribution in [-0.4, -0.2) is 14.6 Å². The fourth-order valence-electron chi connectivity index (χ4n) is 1.58. The van der Waals surface area contributed by atoms with Gasteiger partial charge in [0.2, 0.25) is 11.8 Å². The highest BCUT2D eigenvalue weighted by Crippen LogP contribution is 2.21. The van der Waals surface area contributed by atoms with E-state index in [-0.39, 0.29) is 5.95 Å². The zero-order valence-electron chi connectivity index (χ0n) is 8.95. The molecule has 0 amide bonds. The third-order valence-electron chi connectivity index (χ3n) is 2.31. The highest BCUT2D eigenvalue weighted by atomic mass is 16.5. The molecule has 2 N–H and O–H groups in total. The molecule has 0 radical (unpaired) electrons. The Morgan fingerprint density at radius 2 is 1.82 bits per heavy atom. The fourth-order valence-corrected chi connectivity index (χ4v) is 1.58. The van der Waals surface area contributed by atoms with Crippen molar-refractivity contribution in [1.29, 1.82) is 0 Å². The quantitative estimate of drug-likeness (QED) is 0.726. The molecule has 0 atom stereocenters. The zero-order valence-corrected chi connectivity index (χ0v) is 8.95. The molecule has 3 aromatic rings. The van der Waals surface area contributed by atoms with Crippen LogP contribution in [0.15, 0.2) is 48.5 Å². The molecule has 84 valence electrons. The van der Waals surface area contributed by atoms with Gasteiger partial charge >= 0.3 is 0 Å². The minimum atomic E-state index is 0.231. The lowest BCUT2D eigenvalue weighted by atomic mass is 10.3. The van der Waals surface area contributed by atoms with E-state index in [0.29, 0.717) is 11.5 Å². The van der Waals surface area contributed by atoms with E-state index in [2.05, 4.69) is 10.1 Å². The van der Waals surface area contributed by atoms with E-state index in [9.17, 15) is 0 Å². The molecule has 17 heavy (non-hydrogen) atoms. The summed E-state index contributed by atoms with van der Waals surface area (Å²) in [6, 6.07) is 15.0. The standard InChI is InChI=1S/C12H10N4O/c13-12-14-10-7-4-8-11(16(10)15-12)17-9-5-2-1-3-6-9/h1-8H,(H2,13,15). The summed E-state index contributed by atoms with van der Waals surface area (Å²) in [5.41, 5.74) is 6.22. The van der Waals surface area contributed by atoms with Crippen molar-refractivity contribution in [3.8, 4) is 11.6 Å². The van der Waals surface area contributed by atoms with Crippen molar-refractivity contribution in [2.75, 3.05) is 5.73 Å². The van der Waals surface area contributed by atoms with Gasteiger partial charge in [0.25, 0.3) is 0 Å². The van der Waals surface area contributed by atoms with Gasteiger partial charge in [0.05, 0.1) is 0 Å². The van der Waals surface area contributed by atoms with Gasteiger partial charge in [0.1, 0.15) is 5.75 Å². The molecule has 0 spiro atoms. The Labute approximate surface area is 97.5 Å². The normalized spacial score (nSPS) is 10.6. The third-order valence-corrected chi connectivity index (χ3v) is 2.31. The van der Waals surface area contributed by atoms with E-state index < -0.39 is 0 Å². The van der Waals surface area contributed by atoms with Crippen LogP contribution in [0.4, 0.5) is 5.95 Å². The van der Waals surface area contributed by atoms with Gasteiger partial charge in [-0.3, -0.25) is 0 Å². The Kier molecular flexibility index (Phi) is 2.15. The van der Waals surface area contributed by atoms with E-state index >= 15 is 0 Å². The van der Waals surface area contributed by atoms with Crippen LogP contribution in [0.5, 0.6) is 11.6 Å². The summed E-state index contributed by atoms with van der Waals surface area (Å²) in [6.45, 7) is 0. The predicted octanol–water partition coefficient (Wildman–Crippen LogP) is 2.10. The number of aromatic nitrogens is 3. The third kappa shape index (κ3) is 1.78. The van der Waals surface area contributed by atoms with Crippen LogP contribution < -0.4 is 10.5 Å². The molecule has 0 aliphatic rings. The number of pyridine rings is 1. The lowest BCUT2D eigenvalue weighted by Gasteiger charge is -2.05. The second-order valence-corrected chi connectivity index (χ2v) is 3.52. The maximum Gasteiger partial charge on any atom is 0.240 e. The van der Waals surface area contributed by atoms with Gasteiger partial charge < -0.3 is 10.5 Å². The number of anilines is 1. The first-order chi connectivity index (χ1) is 8.33. The van der Waals surface area contributed by atoms with Crippen molar-refractivity contribution in [2.45, 2.75) is 0 Å². The Balaban J connectivity index is 2.06. The number of nitrogens with two attached hydrogens (primary N) is 1. The van der Waals surface area contributed by atoms with Gasteiger partial charge in [0, 0.05) is 6.07 Å². The highest BCUT2D eigenvalue weighted by Gasteiger charge is 2.06. The minimum absolute atomic E-state index is 0.231. The number of hydrogen-bond donors (Lipinski definition) is 1. The minimum Gasteiger partial charge on any atom is -0.439 e. The Bertz CT molecular complexity index is 648. The predicted molar refractivity (Wildman–Crippen MR) is 63.9 cm³/mol. The number of rotatable bonds is 2. The summed E-state index contributed by atoms with van der Waals surface area (Å²) in [7, 11) is 0. The molecule has 5 heteroatoms. The van der Waals surface area contributed by atoms with Crippen molar-refractivity contribution in [3.05, 3.63) is 48.5 Å². The molecule has 2 aromatic heterocycles. The Morgan fingerprint density at radius 3 is 2.65 bits per heavy atom. The van der Waals surface area contributed by atoms with Crippen LogP contribution in [0.3, 0.4) is 0 Å². The fraction of sp³-hybridized carbons (Fsp3) is 0. The van der Waals surface area contributed by atoms with E-state index in [0.717, 1.165) is 5.75 Å². The molecule has 0 saturated carbocycles. The molecule has 3 rings (SSSR count). The highest BCUT2D eigenvalue weighted by molar-refractivity contribution is 5.45. The maximum atomic E-state index is 5.71. The van der Waals surface area contributed by atoms with Gasteiger partial charge in [-0.2, -0.15) is 9.50 Å². The Hall–Kier alpha value is -2.56. The lowest BCUT2D eigenvalue weighted by molar-refractivity contribution is 0.447. The second-order valence-electron chi connectivity index (χ2n) is 3.52. The molecule has 0 saturated heterocycles. The van der Waals surface area contributed by atoms with Crippen molar-refractivity contribution in [2.24, 2.45) is 0 Å². The van der Waals surface area contributed by atoms with Gasteiger partial charge in [0.15, 0.2) is 5.65 Å². The number of fused-ring (bicyclic) bond motifs is 1. The number of ether oxygens (including phenoxy) is 1. The molecular weight excluding hydrogens is 216 g/mol. The number of nitrogen functional groups attached to an aromatic ring is 1. The first-order valence-corrected chi connectivity index (χ1v) is 5.17. The van der Waals surface area contributed by atoms with Crippen molar-refractivity contribution >= 4 is 11.6 Å². The van der Waals surface area contributed by atoms with Crippen molar-refractivity contribution in [1.82, 2.24) is 14.6 Å². The number of para-hydroxylation sites is 1. The van der Waals surface area contributed by atoms with Gasteiger partial charge in [-0.05, 0) is 18.2 Å². The van der Waals surface area contributed by atoms with Gasteiger partial charge in [-0.25, -0.2) is 0 Å². The topological polar surface area (TPSA) is 65.4 Å². The molecule has 0 aliphatic carbocycles. The monoisotopic (exact) mass is 226 g/mol. The summed E-state index contributed by atoms with van der Waals surface area (Å²) in [6.07, 6.45) is 0. The Morgan fingerprint density at radius 1 is 1.00 bits per heavy atom. The van der Waals surface area contributed by atoms with Crippen LogP contribution in [0.2, 0.25) is 0 Å². The summed E-state index contributed by atoms with van der Waals surface area (Å²) >= 11 is 0. The average molecular weight is 226 g/mol. The number of benzene rings is 1. The molecule has 0 fully saturated rings. The number of hydrogen-bond acceptors (Lipinski definition) is 4. The molecule has 0 bridgehead atoms. The molecule has 0 aliphatic heterocycles. The smallest absolute Gasteiger partial charge is 0.240 e. The van der Waals surface area contributed by atoms with Gasteiger partial charge in [-0.15, -0.1) is 5.10 Å². The van der Waals surface area contributed by atoms with Crippen LogP contribution in [0, 0.1) is 0 Å². The molecular formula is C12H10N4O. The lowest BCUT2D eigenvalue weighted by Crippen LogP contribution is -1.95. The van der Waals surface area contributed by atoms with E-state index in [1.165, 1.54) is 0 Å². The van der Waals surface area contributed by atoms with Crippen molar-refractivity contribution in [3.63, 3.8) is 0 Å². The molecule has 5 nitrogen and oxygen atoms in total. The summed E-state index contributed by atoms with van der Waals surface area (Å²) in [5, 5.41) is 4.07. The zero-order chi connectivity index (χ0) is 11.7. The molecule has 1 aromatic carbocycles. The van der Waals surface area contributed by atoms with Crippen LogP contribution in [0.1, 0.15) is 0 Å².